The summed E-state index contributed by atoms with van der Waals surface area (Å²) in [7, 11) is 1.39. The Morgan fingerprint density at radius 1 is 0.862 bits per heavy atom. The van der Waals surface area contributed by atoms with Crippen LogP contribution in [0.2, 0.25) is 0 Å². The van der Waals surface area contributed by atoms with Gasteiger partial charge < -0.3 is 9.64 Å². The number of rotatable bonds is 4. The van der Waals surface area contributed by atoms with Crippen LogP contribution in [0, 0.1) is 39.0 Å². The molecule has 0 aliphatic carbocycles. The Labute approximate surface area is 172 Å². The molecule has 0 amide bonds. The zero-order valence-corrected chi connectivity index (χ0v) is 17.4. The predicted octanol–water partition coefficient (Wildman–Crippen LogP) is 6.05. The molecule has 0 aliphatic rings. The molecule has 0 unspecified atom stereocenters. The highest BCUT2D eigenvalue weighted by molar-refractivity contribution is 5.99. The number of nitrogens with zero attached hydrogens (tertiary/aromatic N) is 2. The molecule has 3 aromatic carbocycles. The molecule has 0 saturated carbocycles. The molecule has 0 aliphatic heterocycles. The van der Waals surface area contributed by atoms with Crippen LogP contribution < -0.4 is 4.90 Å². The van der Waals surface area contributed by atoms with Crippen molar-refractivity contribution in [2.75, 3.05) is 12.0 Å². The van der Waals surface area contributed by atoms with E-state index in [1.54, 1.807) is 6.07 Å². The third-order valence-electron chi connectivity index (χ3n) is 5.49. The van der Waals surface area contributed by atoms with Crippen molar-refractivity contribution < 1.29 is 9.53 Å². The lowest BCUT2D eigenvalue weighted by atomic mass is 9.91. The Kier molecular flexibility index (Phi) is 5.70. The molecule has 0 atom stereocenters. The summed E-state index contributed by atoms with van der Waals surface area (Å²) in [6.45, 7) is 7.99. The average Bonchev–Trinajstić information content (AvgIpc) is 2.76. The Morgan fingerprint density at radius 3 is 1.97 bits per heavy atom. The van der Waals surface area contributed by atoms with Gasteiger partial charge in [-0.3, -0.25) is 0 Å². The molecule has 3 aromatic rings. The van der Waals surface area contributed by atoms with E-state index in [0.29, 0.717) is 11.1 Å². The molecular formula is C25H24N2O2. The number of hydrogen-bond acceptors (Lipinski definition) is 4. The second-order valence-electron chi connectivity index (χ2n) is 7.02. The lowest BCUT2D eigenvalue weighted by Gasteiger charge is -2.31. The molecule has 146 valence electrons. The van der Waals surface area contributed by atoms with Gasteiger partial charge in [-0.1, -0.05) is 30.3 Å². The fourth-order valence-corrected chi connectivity index (χ4v) is 3.71. The Hall–Kier alpha value is -3.58. The van der Waals surface area contributed by atoms with E-state index in [1.807, 2.05) is 76.2 Å². The lowest BCUT2D eigenvalue weighted by molar-refractivity contribution is 0.0601. The van der Waals surface area contributed by atoms with Crippen molar-refractivity contribution in [1.82, 2.24) is 0 Å². The fraction of sp³-hybridized carbons (Fsp3) is 0.200. The molecular weight excluding hydrogens is 360 g/mol. The molecule has 29 heavy (non-hydrogen) atoms. The fourth-order valence-electron chi connectivity index (χ4n) is 3.71. The maximum atomic E-state index is 12.5. The summed E-state index contributed by atoms with van der Waals surface area (Å²) < 4.78 is 5.03. The number of carbonyl (C=O) groups excluding carboxylic acids is 1. The van der Waals surface area contributed by atoms with E-state index in [4.69, 9.17) is 4.74 Å². The third-order valence-corrected chi connectivity index (χ3v) is 5.49. The van der Waals surface area contributed by atoms with Gasteiger partial charge >= 0.3 is 5.97 Å². The van der Waals surface area contributed by atoms with E-state index in [2.05, 4.69) is 11.0 Å². The number of carbonyl (C=O) groups is 1. The lowest BCUT2D eigenvalue weighted by Crippen LogP contribution is -2.18. The molecule has 3 rings (SSSR count). The summed E-state index contributed by atoms with van der Waals surface area (Å²) in [4.78, 5) is 14.6. The van der Waals surface area contributed by atoms with Crippen molar-refractivity contribution in [3.8, 4) is 6.07 Å². The largest absolute Gasteiger partial charge is 0.465 e. The van der Waals surface area contributed by atoms with Gasteiger partial charge in [0.1, 0.15) is 0 Å². The number of ether oxygens (including phenoxy) is 1. The molecule has 4 heteroatoms. The summed E-state index contributed by atoms with van der Waals surface area (Å²) in [6, 6.07) is 19.7. The molecule has 4 nitrogen and oxygen atoms in total. The maximum Gasteiger partial charge on any atom is 0.339 e. The van der Waals surface area contributed by atoms with Gasteiger partial charge in [0.05, 0.1) is 35.7 Å². The van der Waals surface area contributed by atoms with Gasteiger partial charge in [-0.2, -0.15) is 5.26 Å². The first-order valence-electron chi connectivity index (χ1n) is 9.45. The van der Waals surface area contributed by atoms with Crippen molar-refractivity contribution in [2.45, 2.75) is 27.7 Å². The van der Waals surface area contributed by atoms with Gasteiger partial charge in [0, 0.05) is 5.69 Å². The summed E-state index contributed by atoms with van der Waals surface area (Å²) in [5, 5.41) is 9.64. The van der Waals surface area contributed by atoms with E-state index in [9.17, 15) is 10.1 Å². The van der Waals surface area contributed by atoms with Gasteiger partial charge in [0.2, 0.25) is 0 Å². The smallest absolute Gasteiger partial charge is 0.339 e. The van der Waals surface area contributed by atoms with Crippen LogP contribution in [0.25, 0.3) is 0 Å². The van der Waals surface area contributed by atoms with Gasteiger partial charge in [0.25, 0.3) is 0 Å². The van der Waals surface area contributed by atoms with Crippen LogP contribution in [0.1, 0.15) is 38.2 Å². The van der Waals surface area contributed by atoms with E-state index < -0.39 is 0 Å². The van der Waals surface area contributed by atoms with Crippen LogP contribution in [0.4, 0.5) is 17.1 Å². The molecule has 0 spiro atoms. The van der Waals surface area contributed by atoms with Gasteiger partial charge in [-0.05, 0) is 74.2 Å². The third kappa shape index (κ3) is 3.48. The quantitative estimate of drug-likeness (QED) is 0.514. The van der Waals surface area contributed by atoms with Crippen molar-refractivity contribution in [3.63, 3.8) is 0 Å². The standard InChI is InChI=1S/C25H24N2O2/c1-16-18(3)24(19(4)17(2)22(16)15-26)27(20-11-7-6-8-12-20)23-14-10-9-13-21(23)25(28)29-5/h6-14H,1-5H3. The van der Waals surface area contributed by atoms with E-state index in [1.165, 1.54) is 7.11 Å². The normalized spacial score (nSPS) is 10.3. The minimum absolute atomic E-state index is 0.390. The summed E-state index contributed by atoms with van der Waals surface area (Å²) in [6.07, 6.45) is 0. The second kappa shape index (κ2) is 8.20. The first-order valence-corrected chi connectivity index (χ1v) is 9.45. The molecule has 0 fully saturated rings. The van der Waals surface area contributed by atoms with Crippen LogP contribution in [0.3, 0.4) is 0 Å². The van der Waals surface area contributed by atoms with E-state index in [-0.39, 0.29) is 5.97 Å². The van der Waals surface area contributed by atoms with E-state index >= 15 is 0 Å². The monoisotopic (exact) mass is 384 g/mol. The van der Waals surface area contributed by atoms with Gasteiger partial charge in [-0.15, -0.1) is 0 Å². The Balaban J connectivity index is 2.41. The first kappa shape index (κ1) is 20.2. The molecule has 0 radical (unpaired) electrons. The van der Waals surface area contributed by atoms with Crippen molar-refractivity contribution in [1.29, 1.82) is 5.26 Å². The molecule has 0 saturated heterocycles. The average molecular weight is 384 g/mol. The predicted molar refractivity (Wildman–Crippen MR) is 116 cm³/mol. The van der Waals surface area contributed by atoms with Crippen LogP contribution in [0.15, 0.2) is 54.6 Å². The molecule has 0 heterocycles. The second-order valence-corrected chi connectivity index (χ2v) is 7.02. The minimum Gasteiger partial charge on any atom is -0.465 e. The summed E-state index contributed by atoms with van der Waals surface area (Å²) in [5.74, 6) is -0.390. The molecule has 0 aromatic heterocycles. The zero-order valence-electron chi connectivity index (χ0n) is 17.4. The summed E-state index contributed by atoms with van der Waals surface area (Å²) in [5.41, 5.74) is 7.74. The van der Waals surface area contributed by atoms with Gasteiger partial charge in [0.15, 0.2) is 0 Å². The number of para-hydroxylation sites is 2. The van der Waals surface area contributed by atoms with Gasteiger partial charge in [-0.25, -0.2) is 4.79 Å². The number of hydrogen-bond donors (Lipinski definition) is 0. The highest BCUT2D eigenvalue weighted by Crippen LogP contribution is 2.43. The van der Waals surface area contributed by atoms with Crippen LogP contribution in [-0.4, -0.2) is 13.1 Å². The Morgan fingerprint density at radius 2 is 1.41 bits per heavy atom. The number of anilines is 3. The van der Waals surface area contributed by atoms with Crippen molar-refractivity contribution >= 4 is 23.0 Å². The first-order chi connectivity index (χ1) is 13.9. The number of esters is 1. The maximum absolute atomic E-state index is 12.5. The highest BCUT2D eigenvalue weighted by Gasteiger charge is 2.25. The Bertz CT molecular complexity index is 1080. The summed E-state index contributed by atoms with van der Waals surface area (Å²) >= 11 is 0. The number of methoxy groups -OCH3 is 1. The molecule has 0 bridgehead atoms. The van der Waals surface area contributed by atoms with Crippen LogP contribution >= 0.6 is 0 Å². The molecule has 0 N–H and O–H groups in total. The SMILES string of the molecule is COC(=O)c1ccccc1N(c1ccccc1)c1c(C)c(C)c(C#N)c(C)c1C. The van der Waals surface area contributed by atoms with E-state index in [0.717, 1.165) is 39.3 Å². The van der Waals surface area contributed by atoms with Crippen molar-refractivity contribution in [2.24, 2.45) is 0 Å². The van der Waals surface area contributed by atoms with Crippen molar-refractivity contribution in [3.05, 3.63) is 88.0 Å². The topological polar surface area (TPSA) is 53.3 Å². The zero-order chi connectivity index (χ0) is 21.1. The number of nitriles is 1. The number of benzene rings is 3. The highest BCUT2D eigenvalue weighted by atomic mass is 16.5. The van der Waals surface area contributed by atoms with Crippen LogP contribution in [-0.2, 0) is 4.74 Å². The van der Waals surface area contributed by atoms with Crippen LogP contribution in [0.5, 0.6) is 0 Å². The minimum atomic E-state index is -0.390.